The molecule has 0 aliphatic rings. The summed E-state index contributed by atoms with van der Waals surface area (Å²) in [5, 5.41) is 9.45. The lowest BCUT2D eigenvalue weighted by Gasteiger charge is -2.15. The fourth-order valence-electron chi connectivity index (χ4n) is 1.22. The van der Waals surface area contributed by atoms with Crippen LogP contribution in [-0.4, -0.2) is 26.2 Å². The average Bonchev–Trinajstić information content (AvgIpc) is 2.32. The van der Waals surface area contributed by atoms with Gasteiger partial charge in [0.2, 0.25) is 10.0 Å². The average molecular weight is 297 g/mol. The fraction of sp³-hybridized carbons (Fsp3) is 0.455. The van der Waals surface area contributed by atoms with Crippen molar-refractivity contribution in [1.29, 1.82) is 0 Å². The first-order chi connectivity index (χ1) is 8.66. The second kappa shape index (κ2) is 5.89. The molecule has 0 spiro atoms. The van der Waals surface area contributed by atoms with Gasteiger partial charge in [-0.15, -0.1) is 0 Å². The minimum absolute atomic E-state index is 0.211. The van der Waals surface area contributed by atoms with Gasteiger partial charge in [0.15, 0.2) is 17.5 Å². The predicted octanol–water partition coefficient (Wildman–Crippen LogP) is 1.40. The minimum Gasteiger partial charge on any atom is -0.391 e. The zero-order valence-electron chi connectivity index (χ0n) is 10.3. The van der Waals surface area contributed by atoms with Crippen molar-refractivity contribution in [1.82, 2.24) is 4.72 Å². The smallest absolute Gasteiger partial charge is 0.243 e. The number of rotatable bonds is 5. The SMILES string of the molecule is CC(C)C(O)CNS(=O)(=O)c1ccc(F)c(F)c1F. The Morgan fingerprint density at radius 2 is 1.79 bits per heavy atom. The molecule has 19 heavy (non-hydrogen) atoms. The van der Waals surface area contributed by atoms with Gasteiger partial charge >= 0.3 is 0 Å². The molecule has 1 atom stereocenters. The highest BCUT2D eigenvalue weighted by atomic mass is 32.2. The summed E-state index contributed by atoms with van der Waals surface area (Å²) in [5.74, 6) is -5.32. The summed E-state index contributed by atoms with van der Waals surface area (Å²) < 4.78 is 64.3. The molecule has 1 aromatic rings. The van der Waals surface area contributed by atoms with Crippen LogP contribution in [-0.2, 0) is 10.0 Å². The Kier molecular flexibility index (Phi) is 4.94. The molecule has 0 radical (unpaired) electrons. The summed E-state index contributed by atoms with van der Waals surface area (Å²) in [4.78, 5) is -0.998. The van der Waals surface area contributed by atoms with Crippen LogP contribution >= 0.6 is 0 Å². The first kappa shape index (κ1) is 15.9. The Morgan fingerprint density at radius 3 is 2.32 bits per heavy atom. The number of hydrogen-bond acceptors (Lipinski definition) is 3. The van der Waals surface area contributed by atoms with Crippen molar-refractivity contribution in [2.24, 2.45) is 5.92 Å². The highest BCUT2D eigenvalue weighted by Gasteiger charge is 2.24. The number of aliphatic hydroxyl groups excluding tert-OH is 1. The zero-order valence-corrected chi connectivity index (χ0v) is 11.1. The number of sulfonamides is 1. The molecule has 0 aliphatic carbocycles. The summed E-state index contributed by atoms with van der Waals surface area (Å²) in [7, 11) is -4.35. The quantitative estimate of drug-likeness (QED) is 0.807. The van der Waals surface area contributed by atoms with Crippen LogP contribution < -0.4 is 4.72 Å². The third-order valence-corrected chi connectivity index (χ3v) is 3.98. The van der Waals surface area contributed by atoms with E-state index in [0.717, 1.165) is 0 Å². The Balaban J connectivity index is 2.99. The largest absolute Gasteiger partial charge is 0.391 e. The van der Waals surface area contributed by atoms with Gasteiger partial charge in [-0.1, -0.05) is 13.8 Å². The topological polar surface area (TPSA) is 66.4 Å². The molecule has 0 aliphatic heterocycles. The van der Waals surface area contributed by atoms with E-state index in [0.29, 0.717) is 12.1 Å². The van der Waals surface area contributed by atoms with Crippen LogP contribution in [0, 0.1) is 23.4 Å². The first-order valence-corrected chi connectivity index (χ1v) is 6.96. The van der Waals surface area contributed by atoms with Crippen molar-refractivity contribution < 1.29 is 26.7 Å². The van der Waals surface area contributed by atoms with E-state index in [1.807, 2.05) is 4.72 Å². The van der Waals surface area contributed by atoms with Crippen molar-refractivity contribution in [3.63, 3.8) is 0 Å². The molecule has 2 N–H and O–H groups in total. The molecule has 1 rings (SSSR count). The van der Waals surface area contributed by atoms with E-state index in [1.54, 1.807) is 13.8 Å². The normalized spacial score (nSPS) is 13.8. The van der Waals surface area contributed by atoms with E-state index >= 15 is 0 Å². The van der Waals surface area contributed by atoms with Gasteiger partial charge in [0.05, 0.1) is 6.10 Å². The van der Waals surface area contributed by atoms with Crippen LogP contribution in [0.25, 0.3) is 0 Å². The fourth-order valence-corrected chi connectivity index (χ4v) is 2.34. The molecular formula is C11H14F3NO3S. The van der Waals surface area contributed by atoms with Gasteiger partial charge in [-0.05, 0) is 18.1 Å². The molecule has 0 fully saturated rings. The van der Waals surface area contributed by atoms with Gasteiger partial charge in [0, 0.05) is 6.54 Å². The predicted molar refractivity (Wildman–Crippen MR) is 62.3 cm³/mol. The first-order valence-electron chi connectivity index (χ1n) is 5.48. The molecule has 0 saturated carbocycles. The van der Waals surface area contributed by atoms with E-state index in [9.17, 15) is 26.7 Å². The minimum atomic E-state index is -4.35. The van der Waals surface area contributed by atoms with E-state index in [1.165, 1.54) is 0 Å². The number of halogens is 3. The molecule has 0 heterocycles. The summed E-state index contributed by atoms with van der Waals surface area (Å²) in [5.41, 5.74) is 0. The molecule has 108 valence electrons. The maximum atomic E-state index is 13.3. The van der Waals surface area contributed by atoms with E-state index in [4.69, 9.17) is 0 Å². The Morgan fingerprint density at radius 1 is 1.21 bits per heavy atom. The lowest BCUT2D eigenvalue weighted by molar-refractivity contribution is 0.129. The van der Waals surface area contributed by atoms with Crippen LogP contribution in [0.1, 0.15) is 13.8 Å². The van der Waals surface area contributed by atoms with Gasteiger partial charge in [-0.2, -0.15) is 0 Å². The number of hydrogen-bond donors (Lipinski definition) is 2. The Hall–Kier alpha value is -1.12. The van der Waals surface area contributed by atoms with Crippen LogP contribution in [0.15, 0.2) is 17.0 Å². The molecule has 0 bridgehead atoms. The van der Waals surface area contributed by atoms with Gasteiger partial charge in [-0.25, -0.2) is 26.3 Å². The molecule has 0 saturated heterocycles. The third kappa shape index (κ3) is 3.68. The van der Waals surface area contributed by atoms with E-state index in [-0.39, 0.29) is 12.5 Å². The summed E-state index contributed by atoms with van der Waals surface area (Å²) >= 11 is 0. The lowest BCUT2D eigenvalue weighted by Crippen LogP contribution is -2.35. The number of benzene rings is 1. The van der Waals surface area contributed by atoms with Crippen LogP contribution in [0.4, 0.5) is 13.2 Å². The number of aliphatic hydroxyl groups is 1. The lowest BCUT2D eigenvalue weighted by atomic mass is 10.1. The molecule has 0 aromatic heterocycles. The van der Waals surface area contributed by atoms with Crippen molar-refractivity contribution in [3.8, 4) is 0 Å². The van der Waals surface area contributed by atoms with Crippen LogP contribution in [0.3, 0.4) is 0 Å². The van der Waals surface area contributed by atoms with Gasteiger partial charge in [0.25, 0.3) is 0 Å². The second-order valence-electron chi connectivity index (χ2n) is 4.34. The third-order valence-electron chi connectivity index (χ3n) is 2.54. The summed E-state index contributed by atoms with van der Waals surface area (Å²) in [6, 6.07) is 1.14. The van der Waals surface area contributed by atoms with Gasteiger partial charge in [0.1, 0.15) is 4.90 Å². The monoisotopic (exact) mass is 297 g/mol. The summed E-state index contributed by atoms with van der Waals surface area (Å²) in [6.45, 7) is 2.98. The van der Waals surface area contributed by atoms with Crippen molar-refractivity contribution in [2.45, 2.75) is 24.8 Å². The maximum absolute atomic E-state index is 13.3. The number of nitrogens with one attached hydrogen (secondary N) is 1. The van der Waals surface area contributed by atoms with Crippen LogP contribution in [0.2, 0.25) is 0 Å². The van der Waals surface area contributed by atoms with Crippen LogP contribution in [0.5, 0.6) is 0 Å². The van der Waals surface area contributed by atoms with Gasteiger partial charge in [-0.3, -0.25) is 0 Å². The Labute approximate surface area is 109 Å². The van der Waals surface area contributed by atoms with Crippen molar-refractivity contribution in [3.05, 3.63) is 29.6 Å². The molecule has 4 nitrogen and oxygen atoms in total. The van der Waals surface area contributed by atoms with Crippen molar-refractivity contribution >= 4 is 10.0 Å². The highest BCUT2D eigenvalue weighted by Crippen LogP contribution is 2.19. The molecule has 1 aromatic carbocycles. The van der Waals surface area contributed by atoms with E-state index in [2.05, 4.69) is 0 Å². The maximum Gasteiger partial charge on any atom is 0.243 e. The zero-order chi connectivity index (χ0) is 14.8. The molecular weight excluding hydrogens is 283 g/mol. The molecule has 1 unspecified atom stereocenters. The van der Waals surface area contributed by atoms with Gasteiger partial charge < -0.3 is 5.11 Å². The van der Waals surface area contributed by atoms with E-state index < -0.39 is 38.5 Å². The van der Waals surface area contributed by atoms with Crippen molar-refractivity contribution in [2.75, 3.05) is 6.54 Å². The standard InChI is InChI=1S/C11H14F3NO3S/c1-6(2)8(16)5-15-19(17,18)9-4-3-7(12)10(13)11(9)14/h3-4,6,8,15-16H,5H2,1-2H3. The molecule has 0 amide bonds. The Bertz CT molecular complexity index is 561. The molecule has 8 heteroatoms. The summed E-state index contributed by atoms with van der Waals surface area (Å²) in [6.07, 6.45) is -0.969. The highest BCUT2D eigenvalue weighted by molar-refractivity contribution is 7.89. The second-order valence-corrected chi connectivity index (χ2v) is 6.07.